The Morgan fingerprint density at radius 2 is 1.55 bits per heavy atom. The van der Waals surface area contributed by atoms with E-state index in [1.54, 1.807) is 4.90 Å². The van der Waals surface area contributed by atoms with Gasteiger partial charge in [-0.1, -0.05) is 60.7 Å². The number of nitrogens with zero attached hydrogens (tertiary/aromatic N) is 2. The van der Waals surface area contributed by atoms with Crippen LogP contribution in [0.1, 0.15) is 11.1 Å². The molecule has 8 heteroatoms. The Balaban J connectivity index is 0.00000306. The second-order valence-electron chi connectivity index (χ2n) is 7.07. The molecule has 1 N–H and O–H groups in total. The number of carbonyl (C=O) groups excluding carboxylic acids is 2. The van der Waals surface area contributed by atoms with Gasteiger partial charge in [-0.05, 0) is 47.2 Å². The number of hydrogen-bond acceptors (Lipinski definition) is 4. The molecule has 0 radical (unpaired) electrons. The predicted octanol–water partition coefficient (Wildman–Crippen LogP) is 5.56. The highest BCUT2D eigenvalue weighted by Gasteiger charge is 2.33. The Kier molecular flexibility index (Phi) is 8.57. The zero-order valence-electron chi connectivity index (χ0n) is 17.5. The Hall–Kier alpha value is -3.23. The highest BCUT2D eigenvalue weighted by Crippen LogP contribution is 2.32. The van der Waals surface area contributed by atoms with Crippen molar-refractivity contribution in [2.75, 3.05) is 5.32 Å². The topological polar surface area (TPSA) is 61.8 Å². The molecule has 3 aromatic rings. The van der Waals surface area contributed by atoms with E-state index in [0.29, 0.717) is 23.9 Å². The lowest BCUT2D eigenvalue weighted by Gasteiger charge is -2.15. The van der Waals surface area contributed by atoms with E-state index in [1.807, 2.05) is 60.7 Å². The molecule has 168 valence electrons. The van der Waals surface area contributed by atoms with Crippen LogP contribution in [0, 0.1) is 5.82 Å². The molecule has 1 aliphatic rings. The van der Waals surface area contributed by atoms with Gasteiger partial charge in [0, 0.05) is 11.8 Å². The van der Waals surface area contributed by atoms with E-state index in [9.17, 15) is 14.0 Å². The molecule has 5 nitrogen and oxygen atoms in total. The first-order valence-corrected chi connectivity index (χ1v) is 10.8. The third-order valence-corrected chi connectivity index (χ3v) is 5.73. The summed E-state index contributed by atoms with van der Waals surface area (Å²) in [4.78, 5) is 32.0. The number of aliphatic imine (C=N–C) groups is 1. The zero-order chi connectivity index (χ0) is 22.3. The molecule has 1 aliphatic heterocycles. The number of thioether (sulfide) groups is 1. The quantitative estimate of drug-likeness (QED) is 0.428. The number of carbonyl (C=O) groups is 2. The van der Waals surface area contributed by atoms with Crippen molar-refractivity contribution in [3.8, 4) is 0 Å². The number of amides is 2. The van der Waals surface area contributed by atoms with E-state index in [2.05, 4.69) is 10.3 Å². The molecule has 0 atom stereocenters. The first-order valence-electron chi connectivity index (χ1n) is 9.99. The van der Waals surface area contributed by atoms with E-state index >= 15 is 0 Å². The molecule has 0 bridgehead atoms. The average molecular weight is 526 g/mol. The number of amidine groups is 1. The smallest absolute Gasteiger partial charge is 0.267 e. The fourth-order valence-electron chi connectivity index (χ4n) is 3.10. The van der Waals surface area contributed by atoms with Crippen molar-refractivity contribution in [1.82, 2.24) is 4.90 Å². The van der Waals surface area contributed by atoms with Crippen LogP contribution < -0.4 is 5.32 Å². The van der Waals surface area contributed by atoms with Gasteiger partial charge in [0.15, 0.2) is 5.17 Å². The highest BCUT2D eigenvalue weighted by atomic mass is 79.9. The maximum atomic E-state index is 13.1. The van der Waals surface area contributed by atoms with Crippen molar-refractivity contribution < 1.29 is 14.0 Å². The van der Waals surface area contributed by atoms with Crippen LogP contribution in [0.2, 0.25) is 0 Å². The lowest BCUT2D eigenvalue weighted by Crippen LogP contribution is -2.29. The number of hydrogen-bond donors (Lipinski definition) is 1. The molecular formula is C25H21BrFN3O2S. The van der Waals surface area contributed by atoms with Crippen LogP contribution in [-0.2, 0) is 22.7 Å². The van der Waals surface area contributed by atoms with Gasteiger partial charge in [0.2, 0.25) is 5.91 Å². The monoisotopic (exact) mass is 525 g/mol. The molecule has 0 aromatic heterocycles. The minimum atomic E-state index is -0.462. The lowest BCUT2D eigenvalue weighted by molar-refractivity contribution is -0.123. The lowest BCUT2D eigenvalue weighted by atomic mass is 10.2. The fraction of sp³-hybridized carbons (Fsp3) is 0.0800. The molecule has 1 saturated heterocycles. The largest absolute Gasteiger partial charge is 0.322 e. The van der Waals surface area contributed by atoms with Crippen molar-refractivity contribution in [3.63, 3.8) is 0 Å². The van der Waals surface area contributed by atoms with Gasteiger partial charge in [0.1, 0.15) is 5.82 Å². The van der Waals surface area contributed by atoms with Crippen molar-refractivity contribution in [2.45, 2.75) is 13.1 Å². The van der Waals surface area contributed by atoms with Gasteiger partial charge in [-0.15, -0.1) is 17.0 Å². The van der Waals surface area contributed by atoms with Crippen LogP contribution in [0.4, 0.5) is 10.1 Å². The Morgan fingerprint density at radius 1 is 0.939 bits per heavy atom. The molecule has 33 heavy (non-hydrogen) atoms. The average Bonchev–Trinajstić information content (AvgIpc) is 3.09. The Labute approximate surface area is 206 Å². The van der Waals surface area contributed by atoms with Crippen LogP contribution >= 0.6 is 28.7 Å². The van der Waals surface area contributed by atoms with Gasteiger partial charge in [-0.25, -0.2) is 4.39 Å². The summed E-state index contributed by atoms with van der Waals surface area (Å²) < 4.78 is 13.1. The van der Waals surface area contributed by atoms with Crippen LogP contribution in [0.25, 0.3) is 0 Å². The Morgan fingerprint density at radius 3 is 2.18 bits per heavy atom. The summed E-state index contributed by atoms with van der Waals surface area (Å²) >= 11 is 1.17. The molecule has 0 spiro atoms. The van der Waals surface area contributed by atoms with Crippen LogP contribution in [0.15, 0.2) is 101 Å². The van der Waals surface area contributed by atoms with E-state index in [-0.39, 0.29) is 27.8 Å². The van der Waals surface area contributed by atoms with Crippen molar-refractivity contribution >= 4 is 51.4 Å². The second kappa shape index (κ2) is 11.6. The van der Waals surface area contributed by atoms with Crippen LogP contribution in [0.5, 0.6) is 0 Å². The summed E-state index contributed by atoms with van der Waals surface area (Å²) in [5.41, 5.74) is 2.44. The summed E-state index contributed by atoms with van der Waals surface area (Å²) in [6.45, 7) is 0.786. The number of rotatable bonds is 6. The van der Waals surface area contributed by atoms with Gasteiger partial charge >= 0.3 is 0 Å². The Bertz CT molecular complexity index is 1170. The summed E-state index contributed by atoms with van der Waals surface area (Å²) in [5.74, 6) is -1.13. The first-order chi connectivity index (χ1) is 15.6. The van der Waals surface area contributed by atoms with Gasteiger partial charge < -0.3 is 5.32 Å². The standard InChI is InChI=1S/C25H20FN3O2S.BrH/c26-20-11-13-21(14-12-20)28-23(30)15-22-24(31)29(17-19-9-5-2-6-10-19)25(32-22)27-16-18-7-3-1-4-8-18;/h1-15H,16-17H2,(H,28,30);1H/b22-15-,27-25?;. The predicted molar refractivity (Wildman–Crippen MR) is 136 cm³/mol. The SMILES string of the molecule is Br.O=C(/C=C1\SC(=NCc2ccccc2)N(Cc2ccccc2)C1=O)Nc1ccc(F)cc1. The second-order valence-corrected chi connectivity index (χ2v) is 8.08. The number of anilines is 1. The third kappa shape index (κ3) is 6.63. The molecule has 1 fully saturated rings. The summed E-state index contributed by atoms with van der Waals surface area (Å²) in [5, 5.41) is 3.19. The van der Waals surface area contributed by atoms with Crippen molar-refractivity contribution in [3.05, 3.63) is 113 Å². The third-order valence-electron chi connectivity index (χ3n) is 4.69. The van der Waals surface area contributed by atoms with E-state index in [4.69, 9.17) is 0 Å². The summed E-state index contributed by atoms with van der Waals surface area (Å²) in [7, 11) is 0. The van der Waals surface area contributed by atoms with E-state index in [0.717, 1.165) is 11.1 Å². The van der Waals surface area contributed by atoms with Gasteiger partial charge in [-0.3, -0.25) is 19.5 Å². The van der Waals surface area contributed by atoms with Gasteiger partial charge in [-0.2, -0.15) is 0 Å². The molecule has 4 rings (SSSR count). The molecule has 0 saturated carbocycles. The van der Waals surface area contributed by atoms with Crippen LogP contribution in [0.3, 0.4) is 0 Å². The van der Waals surface area contributed by atoms with Gasteiger partial charge in [0.05, 0.1) is 18.0 Å². The summed E-state index contributed by atoms with van der Waals surface area (Å²) in [6.07, 6.45) is 1.26. The molecule has 2 amide bonds. The number of nitrogens with one attached hydrogen (secondary N) is 1. The maximum absolute atomic E-state index is 13.1. The number of benzene rings is 3. The normalized spacial score (nSPS) is 15.5. The van der Waals surface area contributed by atoms with E-state index in [1.165, 1.54) is 42.1 Å². The molecular weight excluding hydrogens is 505 g/mol. The molecule has 3 aromatic carbocycles. The van der Waals surface area contributed by atoms with E-state index < -0.39 is 11.7 Å². The molecule has 1 heterocycles. The highest BCUT2D eigenvalue weighted by molar-refractivity contribution is 8.93. The minimum absolute atomic E-state index is 0. The van der Waals surface area contributed by atoms with Crippen LogP contribution in [-0.4, -0.2) is 21.9 Å². The first kappa shape index (κ1) is 24.4. The molecule has 0 aliphatic carbocycles. The van der Waals surface area contributed by atoms with Crippen molar-refractivity contribution in [1.29, 1.82) is 0 Å². The molecule has 0 unspecified atom stereocenters. The fourth-order valence-corrected chi connectivity index (χ4v) is 4.05. The number of halogens is 2. The van der Waals surface area contributed by atoms with Crippen molar-refractivity contribution in [2.24, 2.45) is 4.99 Å². The van der Waals surface area contributed by atoms with Gasteiger partial charge in [0.25, 0.3) is 5.91 Å². The zero-order valence-corrected chi connectivity index (χ0v) is 20.0. The minimum Gasteiger partial charge on any atom is -0.322 e. The summed E-state index contributed by atoms with van der Waals surface area (Å²) in [6, 6.07) is 24.8. The maximum Gasteiger partial charge on any atom is 0.267 e.